The van der Waals surface area contributed by atoms with Crippen molar-refractivity contribution >= 4 is 21.4 Å². The second-order valence-electron chi connectivity index (χ2n) is 11.7. The van der Waals surface area contributed by atoms with Crippen LogP contribution in [0.3, 0.4) is 0 Å². The van der Waals surface area contributed by atoms with E-state index in [0.717, 1.165) is 49.1 Å². The van der Waals surface area contributed by atoms with E-state index in [4.69, 9.17) is 42.6 Å². The molecule has 10 heteroatoms. The molecule has 0 saturated heterocycles. The Morgan fingerprint density at radius 2 is 1.17 bits per heavy atom. The molecule has 278 valence electrons. The van der Waals surface area contributed by atoms with E-state index in [2.05, 4.69) is 55.5 Å². The molecule has 5 aromatic rings. The molecule has 0 fully saturated rings. The minimum atomic E-state index is -0.331. The summed E-state index contributed by atoms with van der Waals surface area (Å²) in [6, 6.07) is 32.6. The van der Waals surface area contributed by atoms with Crippen LogP contribution in [0.2, 0.25) is 0 Å². The Bertz CT molecular complexity index is 1700. The zero-order valence-electron chi connectivity index (χ0n) is 30.4. The van der Waals surface area contributed by atoms with Gasteiger partial charge in [0.05, 0.1) is 57.7 Å². The first-order valence-corrected chi connectivity index (χ1v) is 18.7. The molecular formula is C42H50O9S. The van der Waals surface area contributed by atoms with E-state index in [1.54, 1.807) is 11.3 Å². The van der Waals surface area contributed by atoms with E-state index in [9.17, 15) is 0 Å². The third kappa shape index (κ3) is 12.9. The maximum atomic E-state index is 6.57. The van der Waals surface area contributed by atoms with Crippen LogP contribution >= 0.6 is 11.3 Å². The quantitative estimate of drug-likeness (QED) is 0.0432. The molecule has 0 aliphatic rings. The van der Waals surface area contributed by atoms with Gasteiger partial charge in [-0.15, -0.1) is 11.3 Å². The molecule has 0 saturated carbocycles. The van der Waals surface area contributed by atoms with Crippen LogP contribution in [0.4, 0.5) is 0 Å². The average Bonchev–Trinajstić information content (AvgIpc) is 3.52. The Labute approximate surface area is 311 Å². The summed E-state index contributed by atoms with van der Waals surface area (Å²) in [5.74, 6) is 3.12. The summed E-state index contributed by atoms with van der Waals surface area (Å²) in [5, 5.41) is 1.04. The lowest BCUT2D eigenvalue weighted by Gasteiger charge is -2.16. The molecular weight excluding hydrogens is 681 g/mol. The van der Waals surface area contributed by atoms with E-state index in [-0.39, 0.29) is 6.29 Å². The fraction of sp³-hybridized carbons (Fsp3) is 0.381. The van der Waals surface area contributed by atoms with Crippen LogP contribution in [-0.2, 0) is 35.0 Å². The van der Waals surface area contributed by atoms with Gasteiger partial charge >= 0.3 is 0 Å². The number of hydrogen-bond donors (Lipinski definition) is 0. The number of fused-ring (bicyclic) bond motifs is 1. The molecule has 0 aliphatic heterocycles. The molecule has 0 spiro atoms. The number of rotatable bonds is 25. The lowest BCUT2D eigenvalue weighted by atomic mass is 10.1. The van der Waals surface area contributed by atoms with Crippen molar-refractivity contribution in [1.82, 2.24) is 0 Å². The summed E-state index contributed by atoms with van der Waals surface area (Å²) in [6.45, 7) is 11.8. The van der Waals surface area contributed by atoms with Crippen molar-refractivity contribution in [2.24, 2.45) is 0 Å². The molecule has 0 bridgehead atoms. The van der Waals surface area contributed by atoms with Crippen molar-refractivity contribution < 1.29 is 42.6 Å². The van der Waals surface area contributed by atoms with E-state index in [1.165, 1.54) is 5.56 Å². The van der Waals surface area contributed by atoms with Crippen molar-refractivity contribution in [1.29, 1.82) is 0 Å². The standard InChI is InChI=1S/C42H50O9S/c1-4-47-40(48-5-2)31-46-26-25-44-22-21-43-23-24-45-27-28-49-35-15-17-36(18-16-35)51-41-38-20-19-37(50-30-33-9-7-6-8-10-33)29-39(38)52-42(41)34-13-11-32(3)12-14-34/h6-20,29,40H,4-5,21-28,30-31H2,1-3H3. The smallest absolute Gasteiger partial charge is 0.180 e. The van der Waals surface area contributed by atoms with Crippen molar-refractivity contribution in [3.8, 4) is 33.4 Å². The van der Waals surface area contributed by atoms with Crippen molar-refractivity contribution in [3.05, 3.63) is 108 Å². The van der Waals surface area contributed by atoms with Crippen molar-refractivity contribution in [2.45, 2.75) is 33.7 Å². The fourth-order valence-corrected chi connectivity index (χ4v) is 6.34. The maximum Gasteiger partial charge on any atom is 0.180 e. The predicted octanol–water partition coefficient (Wildman–Crippen LogP) is 9.09. The second-order valence-corrected chi connectivity index (χ2v) is 12.8. The van der Waals surface area contributed by atoms with E-state index in [1.807, 2.05) is 62.4 Å². The van der Waals surface area contributed by atoms with Gasteiger partial charge in [0, 0.05) is 23.3 Å². The molecule has 0 radical (unpaired) electrons. The van der Waals surface area contributed by atoms with Crippen LogP contribution in [0.25, 0.3) is 20.5 Å². The molecule has 0 atom stereocenters. The second kappa shape index (κ2) is 22.2. The predicted molar refractivity (Wildman–Crippen MR) is 205 cm³/mol. The van der Waals surface area contributed by atoms with Gasteiger partial charge in [-0.25, -0.2) is 0 Å². The fourth-order valence-electron chi connectivity index (χ4n) is 5.18. The Morgan fingerprint density at radius 1 is 0.577 bits per heavy atom. The highest BCUT2D eigenvalue weighted by Gasteiger charge is 2.17. The Kier molecular flexibility index (Phi) is 16.7. The minimum absolute atomic E-state index is 0.331. The molecule has 52 heavy (non-hydrogen) atoms. The third-order valence-electron chi connectivity index (χ3n) is 7.79. The van der Waals surface area contributed by atoms with Crippen LogP contribution in [0.15, 0.2) is 97.1 Å². The summed E-state index contributed by atoms with van der Waals surface area (Å²) in [4.78, 5) is 1.07. The summed E-state index contributed by atoms with van der Waals surface area (Å²) in [7, 11) is 0. The zero-order chi connectivity index (χ0) is 36.2. The van der Waals surface area contributed by atoms with Gasteiger partial charge in [-0.05, 0) is 74.4 Å². The number of ether oxygens (including phenoxy) is 9. The topological polar surface area (TPSA) is 83.1 Å². The molecule has 5 rings (SSSR count). The molecule has 0 unspecified atom stereocenters. The van der Waals surface area contributed by atoms with Gasteiger partial charge in [0.1, 0.15) is 30.5 Å². The van der Waals surface area contributed by atoms with E-state index >= 15 is 0 Å². The van der Waals surface area contributed by atoms with Crippen LogP contribution in [0.1, 0.15) is 25.0 Å². The van der Waals surface area contributed by atoms with Gasteiger partial charge in [-0.1, -0.05) is 60.2 Å². The number of thiophene rings is 1. The van der Waals surface area contributed by atoms with Gasteiger partial charge < -0.3 is 42.6 Å². The number of benzene rings is 4. The lowest BCUT2D eigenvalue weighted by molar-refractivity contribution is -0.169. The van der Waals surface area contributed by atoms with E-state index < -0.39 is 0 Å². The summed E-state index contributed by atoms with van der Waals surface area (Å²) >= 11 is 1.70. The Morgan fingerprint density at radius 3 is 1.83 bits per heavy atom. The number of aryl methyl sites for hydroxylation is 1. The van der Waals surface area contributed by atoms with Crippen molar-refractivity contribution in [3.63, 3.8) is 0 Å². The Hall–Kier alpha value is -4.00. The zero-order valence-corrected chi connectivity index (χ0v) is 31.2. The first-order chi connectivity index (χ1) is 25.6. The van der Waals surface area contributed by atoms with E-state index in [0.29, 0.717) is 79.3 Å². The van der Waals surface area contributed by atoms with Gasteiger partial charge in [-0.2, -0.15) is 0 Å². The van der Waals surface area contributed by atoms with Gasteiger partial charge in [0.2, 0.25) is 0 Å². The largest absolute Gasteiger partial charge is 0.491 e. The van der Waals surface area contributed by atoms with Gasteiger partial charge in [0.15, 0.2) is 12.0 Å². The lowest BCUT2D eigenvalue weighted by Crippen LogP contribution is -2.24. The molecule has 1 heterocycles. The molecule has 1 aromatic heterocycles. The van der Waals surface area contributed by atoms with Crippen molar-refractivity contribution in [2.75, 3.05) is 72.7 Å². The minimum Gasteiger partial charge on any atom is -0.491 e. The molecule has 0 N–H and O–H groups in total. The summed E-state index contributed by atoms with van der Waals surface area (Å²) < 4.78 is 52.9. The van der Waals surface area contributed by atoms with Gasteiger partial charge in [0.25, 0.3) is 0 Å². The molecule has 4 aromatic carbocycles. The summed E-state index contributed by atoms with van der Waals surface area (Å²) in [6.07, 6.45) is -0.331. The SMILES string of the molecule is CCOC(COCCOCCOCCOCCOc1ccc(Oc2c(-c3ccc(C)cc3)sc3cc(OCc4ccccc4)ccc23)cc1)OCC. The van der Waals surface area contributed by atoms with Crippen LogP contribution in [-0.4, -0.2) is 79.0 Å². The highest BCUT2D eigenvalue weighted by Crippen LogP contribution is 2.47. The number of hydrogen-bond acceptors (Lipinski definition) is 10. The van der Waals surface area contributed by atoms with Gasteiger partial charge in [-0.3, -0.25) is 0 Å². The molecule has 0 aliphatic carbocycles. The summed E-state index contributed by atoms with van der Waals surface area (Å²) in [5.41, 5.74) is 3.45. The highest BCUT2D eigenvalue weighted by molar-refractivity contribution is 7.22. The first-order valence-electron chi connectivity index (χ1n) is 17.9. The highest BCUT2D eigenvalue weighted by atomic mass is 32.1. The first kappa shape index (κ1) is 39.2. The average molecular weight is 731 g/mol. The van der Waals surface area contributed by atoms with Crippen LogP contribution in [0.5, 0.6) is 23.0 Å². The third-order valence-corrected chi connectivity index (χ3v) is 8.98. The Balaban J connectivity index is 1.02. The van der Waals surface area contributed by atoms with Crippen LogP contribution in [0, 0.1) is 6.92 Å². The molecule has 0 amide bonds. The molecule has 9 nitrogen and oxygen atoms in total. The normalized spacial score (nSPS) is 11.4. The maximum absolute atomic E-state index is 6.57. The van der Waals surface area contributed by atoms with Crippen LogP contribution < -0.4 is 14.2 Å². The monoisotopic (exact) mass is 730 g/mol.